The topological polar surface area (TPSA) is 97.5 Å². The van der Waals surface area contributed by atoms with Crippen LogP contribution in [0, 0.1) is 15.9 Å². The Labute approximate surface area is 195 Å². The molecule has 0 amide bonds. The molecule has 0 aliphatic heterocycles. The number of nitro benzene ring substituents is 1. The number of hydrogen-bond acceptors (Lipinski definition) is 5. The molecule has 0 atom stereocenters. The summed E-state index contributed by atoms with van der Waals surface area (Å²) in [6.07, 6.45) is 1.54. The Balaban J connectivity index is 1.96. The van der Waals surface area contributed by atoms with Crippen molar-refractivity contribution in [3.8, 4) is 0 Å². The number of hydrogen-bond donors (Lipinski definition) is 1. The van der Waals surface area contributed by atoms with Crippen LogP contribution < -0.4 is 0 Å². The molecule has 3 aromatic carbocycles. The molecule has 1 N–H and O–H groups in total. The summed E-state index contributed by atoms with van der Waals surface area (Å²) in [7, 11) is 0. The molecule has 0 aliphatic carbocycles. The van der Waals surface area contributed by atoms with Crippen LogP contribution in [-0.2, 0) is 5.75 Å². The second-order valence-corrected chi connectivity index (χ2v) is 8.47. The summed E-state index contributed by atoms with van der Waals surface area (Å²) in [5, 5.41) is 20.3. The lowest BCUT2D eigenvalue weighted by atomic mass is 10.1. The van der Waals surface area contributed by atoms with Crippen LogP contribution in [-0.4, -0.2) is 21.8 Å². The molecule has 0 unspecified atom stereocenters. The summed E-state index contributed by atoms with van der Waals surface area (Å²) < 4.78 is 13.5. The zero-order valence-corrected chi connectivity index (χ0v) is 18.7. The molecule has 0 aromatic heterocycles. The highest BCUT2D eigenvalue weighted by atomic mass is 79.9. The molecule has 0 heterocycles. The van der Waals surface area contributed by atoms with Crippen LogP contribution in [0.1, 0.15) is 31.8 Å². The van der Waals surface area contributed by atoms with E-state index in [1.54, 1.807) is 24.3 Å². The van der Waals surface area contributed by atoms with Crippen LogP contribution >= 0.6 is 27.7 Å². The van der Waals surface area contributed by atoms with Gasteiger partial charge in [0.05, 0.1) is 19.9 Å². The maximum absolute atomic E-state index is 13.2. The molecule has 0 saturated carbocycles. The van der Waals surface area contributed by atoms with Crippen molar-refractivity contribution in [3.63, 3.8) is 0 Å². The molecule has 0 saturated heterocycles. The Morgan fingerprint density at radius 2 is 1.66 bits per heavy atom. The zero-order chi connectivity index (χ0) is 23.3. The van der Waals surface area contributed by atoms with Crippen molar-refractivity contribution in [2.75, 3.05) is 0 Å². The van der Waals surface area contributed by atoms with Crippen LogP contribution in [0.5, 0.6) is 0 Å². The van der Waals surface area contributed by atoms with Gasteiger partial charge in [-0.3, -0.25) is 14.9 Å². The van der Waals surface area contributed by atoms with Gasteiger partial charge in [0, 0.05) is 17.4 Å². The van der Waals surface area contributed by atoms with Gasteiger partial charge in [-0.05, 0) is 63.5 Å². The van der Waals surface area contributed by atoms with Gasteiger partial charge < -0.3 is 5.11 Å². The molecule has 0 spiro atoms. The molecule has 9 heteroatoms. The Morgan fingerprint density at radius 1 is 1.03 bits per heavy atom. The molecule has 32 heavy (non-hydrogen) atoms. The van der Waals surface area contributed by atoms with E-state index in [0.717, 1.165) is 5.56 Å². The van der Waals surface area contributed by atoms with Gasteiger partial charge in [-0.2, -0.15) is 0 Å². The molecule has 162 valence electrons. The average Bonchev–Trinajstić information content (AvgIpc) is 2.78. The number of allylic oxidation sites excluding steroid dienone is 1. The van der Waals surface area contributed by atoms with E-state index >= 15 is 0 Å². The fraction of sp³-hybridized carbons (Fsp3) is 0.0435. The first-order valence-corrected chi connectivity index (χ1v) is 10.9. The van der Waals surface area contributed by atoms with E-state index < -0.39 is 10.9 Å². The predicted octanol–water partition coefficient (Wildman–Crippen LogP) is 6.35. The highest BCUT2D eigenvalue weighted by molar-refractivity contribution is 9.10. The number of benzene rings is 3. The minimum absolute atomic E-state index is 0.0505. The number of carbonyl (C=O) groups is 2. The van der Waals surface area contributed by atoms with Crippen molar-refractivity contribution in [2.45, 2.75) is 5.75 Å². The Bertz CT molecular complexity index is 1210. The van der Waals surface area contributed by atoms with Crippen LogP contribution in [0.15, 0.2) is 76.1 Å². The first-order valence-electron chi connectivity index (χ1n) is 9.15. The Kier molecular flexibility index (Phi) is 7.55. The summed E-state index contributed by atoms with van der Waals surface area (Å²) in [6.45, 7) is 0. The zero-order valence-electron chi connectivity index (χ0n) is 16.3. The van der Waals surface area contributed by atoms with Gasteiger partial charge in [-0.25, -0.2) is 9.18 Å². The van der Waals surface area contributed by atoms with Crippen molar-refractivity contribution in [1.29, 1.82) is 0 Å². The number of ketones is 1. The maximum atomic E-state index is 13.2. The molecule has 0 bridgehead atoms. The van der Waals surface area contributed by atoms with E-state index in [-0.39, 0.29) is 28.4 Å². The molecule has 6 nitrogen and oxygen atoms in total. The second-order valence-electron chi connectivity index (χ2n) is 6.60. The number of nitro groups is 1. The van der Waals surface area contributed by atoms with E-state index in [0.29, 0.717) is 20.7 Å². The SMILES string of the molecule is O=C(O)c1ccc(C(=O)C(=Cc2ccc(Br)c([N+](=O)[O-])c2)SCc2ccc(F)cc2)cc1. The van der Waals surface area contributed by atoms with E-state index in [4.69, 9.17) is 5.11 Å². The van der Waals surface area contributed by atoms with Crippen LogP contribution in [0.2, 0.25) is 0 Å². The van der Waals surface area contributed by atoms with Gasteiger partial charge in [0.25, 0.3) is 5.69 Å². The normalized spacial score (nSPS) is 11.2. The molecule has 3 aromatic rings. The summed E-state index contributed by atoms with van der Waals surface area (Å²) in [5.74, 6) is -1.47. The van der Waals surface area contributed by atoms with Gasteiger partial charge in [-0.1, -0.05) is 30.3 Å². The van der Waals surface area contributed by atoms with Gasteiger partial charge in [0.2, 0.25) is 0 Å². The quantitative estimate of drug-likeness (QED) is 0.162. The van der Waals surface area contributed by atoms with Crippen molar-refractivity contribution in [1.82, 2.24) is 0 Å². The molecule has 3 rings (SSSR count). The fourth-order valence-corrected chi connectivity index (χ4v) is 4.11. The average molecular weight is 516 g/mol. The summed E-state index contributed by atoms with van der Waals surface area (Å²) in [5.41, 5.74) is 1.43. The molecule has 0 radical (unpaired) electrons. The molecule has 0 fully saturated rings. The van der Waals surface area contributed by atoms with E-state index in [1.165, 1.54) is 60.3 Å². The fourth-order valence-electron chi connectivity index (χ4n) is 2.73. The number of carboxylic acids is 1. The third kappa shape index (κ3) is 5.89. The van der Waals surface area contributed by atoms with Crippen LogP contribution in [0.4, 0.5) is 10.1 Å². The number of carbonyl (C=O) groups excluding carboxylic acids is 1. The van der Waals surface area contributed by atoms with Crippen molar-refractivity contribution in [2.24, 2.45) is 0 Å². The first kappa shape index (κ1) is 23.4. The minimum Gasteiger partial charge on any atom is -0.478 e. The largest absolute Gasteiger partial charge is 0.478 e. The second kappa shape index (κ2) is 10.3. The standard InChI is InChI=1S/C23H15BrFNO5S/c24-19-10-3-15(11-20(19)26(30)31)12-21(32-13-14-1-8-18(25)9-2-14)22(27)16-4-6-17(7-5-16)23(28)29/h1-12H,13H2,(H,28,29). The third-order valence-electron chi connectivity index (χ3n) is 4.39. The number of thioether (sulfide) groups is 1. The lowest BCUT2D eigenvalue weighted by molar-refractivity contribution is -0.385. The van der Waals surface area contributed by atoms with E-state index in [2.05, 4.69) is 15.9 Å². The summed E-state index contributed by atoms with van der Waals surface area (Å²) in [6, 6.07) is 15.9. The third-order valence-corrected chi connectivity index (χ3v) is 6.15. The van der Waals surface area contributed by atoms with Gasteiger partial charge >= 0.3 is 5.97 Å². The number of nitrogens with zero attached hydrogens (tertiary/aromatic N) is 1. The number of carboxylic acid groups (broad SMARTS) is 1. The Morgan fingerprint density at radius 3 is 2.25 bits per heavy atom. The molecular formula is C23H15BrFNO5S. The lowest BCUT2D eigenvalue weighted by Crippen LogP contribution is -2.03. The summed E-state index contributed by atoms with van der Waals surface area (Å²) in [4.78, 5) is 35.2. The number of halogens is 2. The monoisotopic (exact) mass is 515 g/mol. The van der Waals surface area contributed by atoms with E-state index in [1.807, 2.05) is 0 Å². The van der Waals surface area contributed by atoms with Crippen molar-refractivity contribution >= 4 is 51.2 Å². The molecule has 0 aliphatic rings. The van der Waals surface area contributed by atoms with Crippen molar-refractivity contribution < 1.29 is 24.0 Å². The number of aromatic carboxylic acids is 1. The highest BCUT2D eigenvalue weighted by Gasteiger charge is 2.17. The van der Waals surface area contributed by atoms with Crippen LogP contribution in [0.25, 0.3) is 6.08 Å². The van der Waals surface area contributed by atoms with Crippen LogP contribution in [0.3, 0.4) is 0 Å². The lowest BCUT2D eigenvalue weighted by Gasteiger charge is -2.08. The van der Waals surface area contributed by atoms with Gasteiger partial charge in [-0.15, -0.1) is 11.8 Å². The molecular weight excluding hydrogens is 501 g/mol. The number of Topliss-reactive ketones (excluding diaryl/α,β-unsaturated/α-hetero) is 1. The van der Waals surface area contributed by atoms with E-state index in [9.17, 15) is 24.1 Å². The predicted molar refractivity (Wildman–Crippen MR) is 124 cm³/mol. The van der Waals surface area contributed by atoms with Crippen molar-refractivity contribution in [3.05, 3.63) is 114 Å². The van der Waals surface area contributed by atoms with Gasteiger partial charge in [0.15, 0.2) is 5.78 Å². The van der Waals surface area contributed by atoms with Gasteiger partial charge in [0.1, 0.15) is 5.82 Å². The summed E-state index contributed by atoms with van der Waals surface area (Å²) >= 11 is 4.33. The first-order chi connectivity index (χ1) is 15.2. The minimum atomic E-state index is -1.10. The number of rotatable bonds is 8. The maximum Gasteiger partial charge on any atom is 0.335 e. The smallest absolute Gasteiger partial charge is 0.335 e. The highest BCUT2D eigenvalue weighted by Crippen LogP contribution is 2.31. The Hall–Kier alpha value is -3.30.